The molecule has 0 bridgehead atoms. The molecule has 2 saturated heterocycles. The number of amides is 4. The lowest BCUT2D eigenvalue weighted by atomic mass is 9.49. The minimum absolute atomic E-state index is 0.101. The van der Waals surface area contributed by atoms with E-state index in [4.69, 9.17) is 16.3 Å². The van der Waals surface area contributed by atoms with Gasteiger partial charge in [-0.2, -0.15) is 5.01 Å². The number of allylic oxidation sites excluding steroid dienone is 2. The van der Waals surface area contributed by atoms with E-state index in [0.717, 1.165) is 10.6 Å². The summed E-state index contributed by atoms with van der Waals surface area (Å²) in [6.45, 7) is 5.46. The SMILES string of the molecule is COc1cc([C@H]2C3=CC[C@@H]4C(=O)N(C(C)(C)C)C(=O)[C@@H]4[C@@H]3C[C@H]3C(=O)N(Nc4ccc(F)cc4)C(=O)[C@@]23c2ccc(Cl)cc2)c(Br)c(Br)c1O. The van der Waals surface area contributed by atoms with E-state index < -0.39 is 58.2 Å². The van der Waals surface area contributed by atoms with Crippen molar-refractivity contribution in [1.29, 1.82) is 0 Å². The van der Waals surface area contributed by atoms with Crippen LogP contribution >= 0.6 is 43.5 Å². The third kappa shape index (κ3) is 4.96. The summed E-state index contributed by atoms with van der Waals surface area (Å²) >= 11 is 13.5. The summed E-state index contributed by atoms with van der Waals surface area (Å²) in [5, 5.41) is 12.4. The van der Waals surface area contributed by atoms with Crippen LogP contribution < -0.4 is 10.2 Å². The van der Waals surface area contributed by atoms with Gasteiger partial charge in [0, 0.05) is 21.0 Å². The topological polar surface area (TPSA) is 116 Å². The number of fused-ring (bicyclic) bond motifs is 4. The highest BCUT2D eigenvalue weighted by Crippen LogP contribution is 2.65. The molecule has 1 saturated carbocycles. The van der Waals surface area contributed by atoms with E-state index in [1.165, 1.54) is 36.3 Å². The maximum absolute atomic E-state index is 15.3. The van der Waals surface area contributed by atoms with E-state index in [-0.39, 0.29) is 40.6 Å². The van der Waals surface area contributed by atoms with Gasteiger partial charge in [-0.05, 0) is 125 Å². The smallest absolute Gasteiger partial charge is 0.260 e. The van der Waals surface area contributed by atoms with Gasteiger partial charge in [0.05, 0.1) is 40.4 Å². The molecule has 0 radical (unpaired) electrons. The van der Waals surface area contributed by atoms with Crippen molar-refractivity contribution in [3.63, 3.8) is 0 Å². The molecule has 3 fully saturated rings. The summed E-state index contributed by atoms with van der Waals surface area (Å²) in [4.78, 5) is 59.6. The van der Waals surface area contributed by atoms with Crippen LogP contribution in [0.3, 0.4) is 0 Å². The first-order valence-electron chi connectivity index (χ1n) is 16.1. The van der Waals surface area contributed by atoms with E-state index in [1.54, 1.807) is 30.3 Å². The van der Waals surface area contributed by atoms with Crippen molar-refractivity contribution >= 4 is 72.8 Å². The molecule has 50 heavy (non-hydrogen) atoms. The van der Waals surface area contributed by atoms with Crippen molar-refractivity contribution in [1.82, 2.24) is 9.91 Å². The standard InChI is InChI=1S/C37H33Br2ClFN3O6/c1-36(2,3)43-32(46)22-14-13-21-23(27(22)34(43)48)15-25-33(47)44(42-20-11-9-19(41)10-12-20)35(49)37(25,17-5-7-18(40)8-6-17)28(21)24-16-26(50-4)31(45)30(39)29(24)38/h5-13,16,22-23,25,27-28,42,45H,14-15H2,1-4H3/t22-,23+,25-,27-,28+,37+/m0/s1. The highest BCUT2D eigenvalue weighted by Gasteiger charge is 2.71. The van der Waals surface area contributed by atoms with Crippen molar-refractivity contribution < 1.29 is 33.4 Å². The van der Waals surface area contributed by atoms with Crippen LogP contribution in [0.25, 0.3) is 0 Å². The number of hydrazine groups is 1. The molecular weight excluding hydrogens is 797 g/mol. The lowest BCUT2D eigenvalue weighted by molar-refractivity contribution is -0.146. The minimum Gasteiger partial charge on any atom is -0.503 e. The highest BCUT2D eigenvalue weighted by molar-refractivity contribution is 9.13. The number of likely N-dealkylation sites (tertiary alicyclic amines) is 1. The fourth-order valence-electron chi connectivity index (χ4n) is 8.64. The van der Waals surface area contributed by atoms with Gasteiger partial charge in [-0.25, -0.2) is 4.39 Å². The molecule has 7 rings (SSSR count). The average Bonchev–Trinajstić information content (AvgIpc) is 3.46. The number of carbonyl (C=O) groups is 4. The number of imide groups is 2. The summed E-state index contributed by atoms with van der Waals surface area (Å²) in [7, 11) is 1.41. The van der Waals surface area contributed by atoms with Gasteiger partial charge in [-0.1, -0.05) is 35.4 Å². The summed E-state index contributed by atoms with van der Waals surface area (Å²) in [5.41, 5.74) is 2.67. The average molecular weight is 830 g/mol. The quantitative estimate of drug-likeness (QED) is 0.202. The van der Waals surface area contributed by atoms with Gasteiger partial charge in [-0.15, -0.1) is 0 Å². The third-order valence-electron chi connectivity index (χ3n) is 10.6. The number of phenolic OH excluding ortho intramolecular Hbond substituents is 1. The predicted molar refractivity (Wildman–Crippen MR) is 191 cm³/mol. The zero-order chi connectivity index (χ0) is 36.0. The Morgan fingerprint density at radius 3 is 2.24 bits per heavy atom. The number of aromatic hydroxyl groups is 1. The first kappa shape index (κ1) is 34.7. The molecule has 3 aromatic carbocycles. The molecule has 0 aromatic heterocycles. The van der Waals surface area contributed by atoms with Crippen molar-refractivity contribution in [2.45, 2.75) is 50.5 Å². The van der Waals surface area contributed by atoms with Crippen LogP contribution in [0.1, 0.15) is 50.7 Å². The number of hydrogen-bond acceptors (Lipinski definition) is 7. The summed E-state index contributed by atoms with van der Waals surface area (Å²) in [6, 6.07) is 13.7. The molecule has 6 atom stereocenters. The molecular formula is C37H33Br2ClFN3O6. The van der Waals surface area contributed by atoms with E-state index in [1.807, 2.05) is 26.8 Å². The second-order valence-corrected chi connectivity index (χ2v) is 16.2. The van der Waals surface area contributed by atoms with Gasteiger partial charge in [-0.3, -0.25) is 29.5 Å². The normalized spacial score (nSPS) is 27.6. The maximum Gasteiger partial charge on any atom is 0.260 e. The monoisotopic (exact) mass is 827 g/mol. The predicted octanol–water partition coefficient (Wildman–Crippen LogP) is 7.50. The Balaban J connectivity index is 1.51. The number of methoxy groups -OCH3 is 1. The van der Waals surface area contributed by atoms with Crippen LogP contribution in [0, 0.1) is 29.5 Å². The Hall–Kier alpha value is -3.74. The molecule has 2 N–H and O–H groups in total. The van der Waals surface area contributed by atoms with Crippen LogP contribution in [0.5, 0.6) is 11.5 Å². The highest BCUT2D eigenvalue weighted by atomic mass is 79.9. The summed E-state index contributed by atoms with van der Waals surface area (Å²) < 4.78 is 20.1. The third-order valence-corrected chi connectivity index (χ3v) is 13.0. The molecule has 260 valence electrons. The van der Waals surface area contributed by atoms with Crippen molar-refractivity contribution in [3.8, 4) is 11.5 Å². The van der Waals surface area contributed by atoms with E-state index in [0.29, 0.717) is 26.3 Å². The van der Waals surface area contributed by atoms with E-state index in [9.17, 15) is 23.9 Å². The fourth-order valence-corrected chi connectivity index (χ4v) is 9.72. The number of ether oxygens (including phenoxy) is 1. The summed E-state index contributed by atoms with van der Waals surface area (Å²) in [5.74, 6) is -6.06. The molecule has 9 nitrogen and oxygen atoms in total. The Morgan fingerprint density at radius 1 is 0.960 bits per heavy atom. The second-order valence-electron chi connectivity index (χ2n) is 14.2. The molecule has 4 aliphatic rings. The number of rotatable bonds is 5. The largest absolute Gasteiger partial charge is 0.503 e. The lowest BCUT2D eigenvalue weighted by Crippen LogP contribution is -2.53. The number of nitrogens with zero attached hydrogens (tertiary/aromatic N) is 2. The molecule has 2 aliphatic heterocycles. The molecule has 2 aliphatic carbocycles. The fraction of sp³-hybridized carbons (Fsp3) is 0.351. The van der Waals surface area contributed by atoms with Gasteiger partial charge in [0.2, 0.25) is 11.8 Å². The molecule has 13 heteroatoms. The lowest BCUT2D eigenvalue weighted by Gasteiger charge is -2.51. The van der Waals surface area contributed by atoms with Crippen molar-refractivity contribution in [3.05, 3.63) is 97.2 Å². The van der Waals surface area contributed by atoms with E-state index in [2.05, 4.69) is 37.3 Å². The van der Waals surface area contributed by atoms with Crippen LogP contribution in [0.15, 0.2) is 75.2 Å². The first-order chi connectivity index (χ1) is 23.6. The van der Waals surface area contributed by atoms with Crippen LogP contribution in [-0.2, 0) is 24.6 Å². The number of phenols is 1. The molecule has 0 spiro atoms. The number of hydrogen-bond donors (Lipinski definition) is 2. The van der Waals surface area contributed by atoms with Gasteiger partial charge >= 0.3 is 0 Å². The molecule has 3 aromatic rings. The Bertz CT molecular complexity index is 2000. The zero-order valence-corrected chi connectivity index (χ0v) is 31.4. The van der Waals surface area contributed by atoms with Gasteiger partial charge in [0.25, 0.3) is 11.8 Å². The second kappa shape index (κ2) is 12.2. The molecule has 4 amide bonds. The van der Waals surface area contributed by atoms with E-state index >= 15 is 4.79 Å². The van der Waals surface area contributed by atoms with Gasteiger partial charge in [0.15, 0.2) is 11.5 Å². The number of anilines is 1. The Morgan fingerprint density at radius 2 is 1.62 bits per heavy atom. The number of halogens is 4. The Labute approximate surface area is 310 Å². The van der Waals surface area contributed by atoms with Crippen LogP contribution in [0.4, 0.5) is 10.1 Å². The first-order valence-corrected chi connectivity index (χ1v) is 18.1. The number of benzene rings is 3. The van der Waals surface area contributed by atoms with Crippen molar-refractivity contribution in [2.75, 3.05) is 12.5 Å². The minimum atomic E-state index is -1.59. The number of nitrogens with one attached hydrogen (secondary N) is 1. The van der Waals surface area contributed by atoms with Crippen LogP contribution in [0.2, 0.25) is 5.02 Å². The van der Waals surface area contributed by atoms with Crippen LogP contribution in [-0.4, -0.2) is 51.3 Å². The number of carbonyl (C=O) groups excluding carboxylic acids is 4. The van der Waals surface area contributed by atoms with Crippen molar-refractivity contribution in [2.24, 2.45) is 23.7 Å². The molecule has 0 unspecified atom stereocenters. The van der Waals surface area contributed by atoms with Gasteiger partial charge in [0.1, 0.15) is 5.82 Å². The van der Waals surface area contributed by atoms with Gasteiger partial charge < -0.3 is 9.84 Å². The maximum atomic E-state index is 15.3. The zero-order valence-electron chi connectivity index (χ0n) is 27.5. The Kier molecular flexibility index (Phi) is 8.46. The molecule has 2 heterocycles. The summed E-state index contributed by atoms with van der Waals surface area (Å²) in [6.07, 6.45) is 2.32.